The first kappa shape index (κ1) is 17.4. The molecule has 2 aromatic heterocycles. The van der Waals surface area contributed by atoms with E-state index in [0.717, 1.165) is 22.4 Å². The number of pyridine rings is 1. The molecule has 0 saturated carbocycles. The molecule has 0 spiro atoms. The second kappa shape index (κ2) is 6.83. The van der Waals surface area contributed by atoms with Gasteiger partial charge in [0.1, 0.15) is 0 Å². The van der Waals surface area contributed by atoms with Crippen molar-refractivity contribution >= 4 is 28.9 Å². The summed E-state index contributed by atoms with van der Waals surface area (Å²) in [5.41, 5.74) is 4.25. The zero-order valence-electron chi connectivity index (χ0n) is 14.7. The monoisotopic (exact) mass is 353 g/mol. The molecule has 0 aliphatic rings. The van der Waals surface area contributed by atoms with Crippen molar-refractivity contribution in [3.8, 4) is 0 Å². The third kappa shape index (κ3) is 3.34. The molecular weight excluding hydrogens is 334 g/mol. The maximum atomic E-state index is 12.3. The lowest BCUT2D eigenvalue weighted by atomic mass is 10.1. The van der Waals surface area contributed by atoms with Crippen LogP contribution in [-0.2, 0) is 4.79 Å². The van der Waals surface area contributed by atoms with E-state index in [2.05, 4.69) is 15.6 Å². The molecule has 0 fully saturated rings. The Bertz CT molecular complexity index is 986. The molecule has 134 valence electrons. The van der Waals surface area contributed by atoms with E-state index < -0.39 is 4.92 Å². The van der Waals surface area contributed by atoms with E-state index in [9.17, 15) is 14.9 Å². The second-order valence-electron chi connectivity index (χ2n) is 6.15. The number of imidazole rings is 1. The number of carbonyl (C=O) groups is 1. The van der Waals surface area contributed by atoms with Crippen LogP contribution in [0.4, 0.5) is 17.3 Å². The van der Waals surface area contributed by atoms with E-state index >= 15 is 0 Å². The molecule has 1 aromatic carbocycles. The van der Waals surface area contributed by atoms with E-state index in [1.54, 1.807) is 24.4 Å². The Hall–Kier alpha value is -3.42. The molecule has 8 heteroatoms. The van der Waals surface area contributed by atoms with Crippen LogP contribution >= 0.6 is 0 Å². The quantitative estimate of drug-likeness (QED) is 0.542. The van der Waals surface area contributed by atoms with E-state index in [-0.39, 0.29) is 24.1 Å². The Morgan fingerprint density at radius 2 is 1.92 bits per heavy atom. The van der Waals surface area contributed by atoms with Gasteiger partial charge in [-0.15, -0.1) is 0 Å². The zero-order chi connectivity index (χ0) is 18.8. The smallest absolute Gasteiger partial charge is 0.358 e. The normalized spacial score (nSPS) is 10.7. The number of aromatic nitrogens is 2. The summed E-state index contributed by atoms with van der Waals surface area (Å²) in [7, 11) is 0. The minimum absolute atomic E-state index is 0.0636. The third-order valence-electron chi connectivity index (χ3n) is 4.04. The number of carbonyl (C=O) groups excluding carboxylic acids is 1. The second-order valence-corrected chi connectivity index (χ2v) is 6.15. The largest absolute Gasteiger partial charge is 0.372 e. The maximum Gasteiger partial charge on any atom is 0.372 e. The Kier molecular flexibility index (Phi) is 4.57. The highest BCUT2D eigenvalue weighted by Gasteiger charge is 2.22. The number of benzene rings is 1. The predicted molar refractivity (Wildman–Crippen MR) is 99.6 cm³/mol. The summed E-state index contributed by atoms with van der Waals surface area (Å²) in [5, 5.41) is 17.0. The Balaban J connectivity index is 1.77. The molecule has 26 heavy (non-hydrogen) atoms. The highest BCUT2D eigenvalue weighted by atomic mass is 16.6. The molecule has 3 rings (SSSR count). The van der Waals surface area contributed by atoms with Crippen molar-refractivity contribution in [3.05, 3.63) is 63.3 Å². The third-order valence-corrected chi connectivity index (χ3v) is 4.04. The molecule has 2 N–H and O–H groups in total. The van der Waals surface area contributed by atoms with Crippen LogP contribution in [0.2, 0.25) is 0 Å². The van der Waals surface area contributed by atoms with Crippen LogP contribution in [0.1, 0.15) is 16.7 Å². The molecule has 0 aliphatic heterocycles. The van der Waals surface area contributed by atoms with Crippen LogP contribution in [0.5, 0.6) is 0 Å². The number of hydrogen-bond donors (Lipinski definition) is 2. The maximum absolute atomic E-state index is 12.3. The Morgan fingerprint density at radius 3 is 2.58 bits per heavy atom. The molecule has 0 radical (unpaired) electrons. The van der Waals surface area contributed by atoms with Crippen molar-refractivity contribution < 1.29 is 9.72 Å². The first-order valence-corrected chi connectivity index (χ1v) is 8.10. The van der Waals surface area contributed by atoms with Crippen molar-refractivity contribution in [1.82, 2.24) is 9.38 Å². The fourth-order valence-corrected chi connectivity index (χ4v) is 3.00. The summed E-state index contributed by atoms with van der Waals surface area (Å²) in [5.74, 6) is -0.434. The van der Waals surface area contributed by atoms with Crippen LogP contribution < -0.4 is 10.6 Å². The van der Waals surface area contributed by atoms with Crippen molar-refractivity contribution in [2.75, 3.05) is 17.2 Å². The zero-order valence-corrected chi connectivity index (χ0v) is 14.7. The standard InChI is InChI=1S/C18H19N5O3/c1-11-8-12(2)16(13(3)9-11)21-15(24)10-19-17-18(23(25)26)22-7-5-4-6-14(22)20-17/h4-9,19H,10H2,1-3H3,(H,21,24). The molecule has 8 nitrogen and oxygen atoms in total. The van der Waals surface area contributed by atoms with E-state index in [1.807, 2.05) is 32.9 Å². The van der Waals surface area contributed by atoms with Crippen molar-refractivity contribution in [2.45, 2.75) is 20.8 Å². The van der Waals surface area contributed by atoms with E-state index in [0.29, 0.717) is 5.65 Å². The molecular formula is C18H19N5O3. The lowest BCUT2D eigenvalue weighted by molar-refractivity contribution is -0.389. The Morgan fingerprint density at radius 1 is 1.23 bits per heavy atom. The van der Waals surface area contributed by atoms with Gasteiger partial charge in [0.05, 0.1) is 12.7 Å². The van der Waals surface area contributed by atoms with Crippen LogP contribution in [0.15, 0.2) is 36.5 Å². The lowest BCUT2D eigenvalue weighted by Crippen LogP contribution is -2.23. The topological polar surface area (TPSA) is 102 Å². The molecule has 0 aliphatic carbocycles. The molecule has 1 amide bonds. The summed E-state index contributed by atoms with van der Waals surface area (Å²) in [6.45, 7) is 5.72. The van der Waals surface area contributed by atoms with Crippen LogP contribution in [0.25, 0.3) is 5.65 Å². The number of rotatable bonds is 5. The number of anilines is 2. The Labute approximate surface area is 150 Å². The van der Waals surface area contributed by atoms with Crippen LogP contribution in [0, 0.1) is 30.9 Å². The van der Waals surface area contributed by atoms with Gasteiger partial charge in [-0.05, 0) is 42.9 Å². The van der Waals surface area contributed by atoms with Gasteiger partial charge >= 0.3 is 5.82 Å². The van der Waals surface area contributed by atoms with Gasteiger partial charge in [0.15, 0.2) is 0 Å². The summed E-state index contributed by atoms with van der Waals surface area (Å²) >= 11 is 0. The van der Waals surface area contributed by atoms with Gasteiger partial charge < -0.3 is 20.7 Å². The summed E-state index contributed by atoms with van der Waals surface area (Å²) in [6.07, 6.45) is 1.56. The van der Waals surface area contributed by atoms with Gasteiger partial charge in [-0.25, -0.2) is 0 Å². The number of nitrogens with one attached hydrogen (secondary N) is 2. The van der Waals surface area contributed by atoms with Crippen molar-refractivity contribution in [3.63, 3.8) is 0 Å². The SMILES string of the molecule is Cc1cc(C)c(NC(=O)CNc2nc3ccccn3c2[N+](=O)[O-])c(C)c1. The fourth-order valence-electron chi connectivity index (χ4n) is 3.00. The van der Waals surface area contributed by atoms with Crippen molar-refractivity contribution in [2.24, 2.45) is 0 Å². The van der Waals surface area contributed by atoms with E-state index in [4.69, 9.17) is 0 Å². The average molecular weight is 353 g/mol. The highest BCUT2D eigenvalue weighted by Crippen LogP contribution is 2.25. The summed E-state index contributed by atoms with van der Waals surface area (Å²) in [6, 6.07) is 9.07. The number of amides is 1. The van der Waals surface area contributed by atoms with E-state index in [1.165, 1.54) is 4.40 Å². The van der Waals surface area contributed by atoms with Gasteiger partial charge in [0.2, 0.25) is 17.4 Å². The molecule has 3 aromatic rings. The number of nitro groups is 1. The van der Waals surface area contributed by atoms with Gasteiger partial charge in [-0.1, -0.05) is 23.8 Å². The predicted octanol–water partition coefficient (Wildman–Crippen LogP) is 3.22. The van der Waals surface area contributed by atoms with Gasteiger partial charge in [0.25, 0.3) is 0 Å². The summed E-state index contributed by atoms with van der Waals surface area (Å²) < 4.78 is 1.37. The minimum Gasteiger partial charge on any atom is -0.358 e. The van der Waals surface area contributed by atoms with Crippen LogP contribution in [-0.4, -0.2) is 26.8 Å². The average Bonchev–Trinajstić information content (AvgIpc) is 2.94. The molecule has 0 bridgehead atoms. The van der Waals surface area contributed by atoms with Gasteiger partial charge in [0, 0.05) is 11.8 Å². The van der Waals surface area contributed by atoms with Crippen molar-refractivity contribution in [1.29, 1.82) is 0 Å². The lowest BCUT2D eigenvalue weighted by Gasteiger charge is -2.13. The van der Waals surface area contributed by atoms with Crippen LogP contribution in [0.3, 0.4) is 0 Å². The number of aryl methyl sites for hydroxylation is 3. The summed E-state index contributed by atoms with van der Waals surface area (Å²) in [4.78, 5) is 27.3. The molecule has 0 saturated heterocycles. The number of nitrogens with zero attached hydrogens (tertiary/aromatic N) is 3. The highest BCUT2D eigenvalue weighted by molar-refractivity contribution is 5.95. The fraction of sp³-hybridized carbons (Fsp3) is 0.222. The number of hydrogen-bond acceptors (Lipinski definition) is 5. The minimum atomic E-state index is -0.519. The van der Waals surface area contributed by atoms with Gasteiger partial charge in [-0.3, -0.25) is 4.79 Å². The van der Waals surface area contributed by atoms with Gasteiger partial charge in [-0.2, -0.15) is 9.38 Å². The molecule has 0 unspecified atom stereocenters. The number of fused-ring (bicyclic) bond motifs is 1. The molecule has 2 heterocycles. The first-order chi connectivity index (χ1) is 12.4. The first-order valence-electron chi connectivity index (χ1n) is 8.10. The molecule has 0 atom stereocenters.